The third kappa shape index (κ3) is 2.42. The minimum atomic E-state index is -2.20. The molecule has 0 amide bonds. The van der Waals surface area contributed by atoms with Gasteiger partial charge in [0, 0.05) is 34.6 Å². The molecule has 3 heteroatoms. The molecule has 27 heavy (non-hydrogen) atoms. The van der Waals surface area contributed by atoms with Gasteiger partial charge in [-0.15, -0.1) is 0 Å². The molecule has 0 radical (unpaired) electrons. The van der Waals surface area contributed by atoms with Crippen LogP contribution >= 0.6 is 0 Å². The van der Waals surface area contributed by atoms with Gasteiger partial charge in [0.15, 0.2) is 6.20 Å². The van der Waals surface area contributed by atoms with Gasteiger partial charge in [-0.1, -0.05) is 42.5 Å². The van der Waals surface area contributed by atoms with Gasteiger partial charge in [0.2, 0.25) is 5.69 Å². The molecule has 5 rings (SSSR count). The van der Waals surface area contributed by atoms with Gasteiger partial charge in [-0.05, 0) is 36.0 Å². The number of aryl methyl sites for hydroxylation is 3. The van der Waals surface area contributed by atoms with E-state index in [-0.39, 0.29) is 0 Å². The maximum absolute atomic E-state index is 8.08. The zero-order valence-corrected chi connectivity index (χ0v) is 15.4. The molecular weight excluding hydrogens is 330 g/mol. The number of hydrogen-bond acceptors (Lipinski definition) is 1. The lowest BCUT2D eigenvalue weighted by atomic mass is 9.94. The van der Waals surface area contributed by atoms with E-state index in [1.165, 1.54) is 5.56 Å². The first kappa shape index (κ1) is 13.0. The number of pyridine rings is 1. The van der Waals surface area contributed by atoms with Gasteiger partial charge >= 0.3 is 0 Å². The van der Waals surface area contributed by atoms with Gasteiger partial charge in [-0.3, -0.25) is 0 Å². The zero-order chi connectivity index (χ0) is 21.0. The van der Waals surface area contributed by atoms with Gasteiger partial charge in [0.25, 0.3) is 0 Å². The predicted octanol–water partition coefficient (Wildman–Crippen LogP) is 4.55. The highest BCUT2D eigenvalue weighted by atomic mass is 15.1. The Hall–Kier alpha value is -3.20. The van der Waals surface area contributed by atoms with Crippen molar-refractivity contribution in [3.05, 3.63) is 89.6 Å². The SMILES string of the molecule is [2H]C([2H])([2H])c1c[n+](C)c(-c2c(C)ccc3c2-n2ccnc2C3)cc1-c1ccccc1. The van der Waals surface area contributed by atoms with E-state index in [4.69, 9.17) is 4.11 Å². The van der Waals surface area contributed by atoms with Crippen LogP contribution < -0.4 is 4.57 Å². The Bertz CT molecular complexity index is 1270. The number of benzene rings is 2. The molecule has 3 heterocycles. The Morgan fingerprint density at radius 3 is 2.78 bits per heavy atom. The molecule has 0 aliphatic carbocycles. The number of aromatic nitrogens is 3. The Morgan fingerprint density at radius 2 is 1.96 bits per heavy atom. The maximum Gasteiger partial charge on any atom is 0.215 e. The molecule has 0 saturated carbocycles. The van der Waals surface area contributed by atoms with Crippen LogP contribution in [-0.4, -0.2) is 9.55 Å². The van der Waals surface area contributed by atoms with Gasteiger partial charge < -0.3 is 4.57 Å². The molecular formula is C24H22N3+. The summed E-state index contributed by atoms with van der Waals surface area (Å²) in [6, 6.07) is 16.1. The predicted molar refractivity (Wildman–Crippen MR) is 108 cm³/mol. The van der Waals surface area contributed by atoms with E-state index in [1.807, 2.05) is 60.4 Å². The molecule has 3 nitrogen and oxygen atoms in total. The minimum absolute atomic E-state index is 0.355. The van der Waals surface area contributed by atoms with Crippen molar-refractivity contribution in [1.29, 1.82) is 0 Å². The fourth-order valence-corrected chi connectivity index (χ4v) is 4.07. The first-order valence-corrected chi connectivity index (χ1v) is 9.09. The van der Waals surface area contributed by atoms with Crippen LogP contribution in [0, 0.1) is 13.8 Å². The molecule has 2 aromatic carbocycles. The molecule has 132 valence electrons. The molecule has 0 spiro atoms. The number of imidazole rings is 1. The van der Waals surface area contributed by atoms with Crippen molar-refractivity contribution in [2.45, 2.75) is 20.2 Å². The second-order valence-corrected chi connectivity index (χ2v) is 7.12. The molecule has 2 aromatic heterocycles. The third-order valence-electron chi connectivity index (χ3n) is 5.39. The van der Waals surface area contributed by atoms with Crippen molar-refractivity contribution in [1.82, 2.24) is 9.55 Å². The lowest BCUT2D eigenvalue weighted by Crippen LogP contribution is -2.32. The lowest BCUT2D eigenvalue weighted by Gasteiger charge is -2.14. The van der Waals surface area contributed by atoms with Crippen molar-refractivity contribution < 1.29 is 8.68 Å². The Morgan fingerprint density at radius 1 is 1.11 bits per heavy atom. The van der Waals surface area contributed by atoms with Crippen molar-refractivity contribution in [2.75, 3.05) is 0 Å². The monoisotopic (exact) mass is 355 g/mol. The molecule has 0 saturated heterocycles. The average molecular weight is 355 g/mol. The van der Waals surface area contributed by atoms with E-state index < -0.39 is 6.85 Å². The van der Waals surface area contributed by atoms with Crippen LogP contribution in [0.3, 0.4) is 0 Å². The van der Waals surface area contributed by atoms with Crippen molar-refractivity contribution in [3.8, 4) is 28.1 Å². The van der Waals surface area contributed by atoms with Crippen molar-refractivity contribution in [2.24, 2.45) is 7.05 Å². The molecule has 0 unspecified atom stereocenters. The molecule has 0 fully saturated rings. The largest absolute Gasteiger partial charge is 0.302 e. The van der Waals surface area contributed by atoms with Crippen LogP contribution in [0.1, 0.15) is 26.6 Å². The van der Waals surface area contributed by atoms with E-state index in [9.17, 15) is 0 Å². The third-order valence-corrected chi connectivity index (χ3v) is 5.39. The van der Waals surface area contributed by atoms with Crippen LogP contribution in [-0.2, 0) is 13.5 Å². The Labute approximate surface area is 163 Å². The van der Waals surface area contributed by atoms with Gasteiger partial charge in [0.05, 0.1) is 11.3 Å². The molecule has 1 aliphatic rings. The number of hydrogen-bond donors (Lipinski definition) is 0. The topological polar surface area (TPSA) is 21.7 Å². The molecule has 1 aliphatic heterocycles. The minimum Gasteiger partial charge on any atom is -0.302 e. The standard InChI is InChI=1S/C24H22N3/c1-16-9-10-19-13-22-25-11-12-27(22)24(19)23(16)21-14-20(17(2)15-26(21)3)18-7-5-4-6-8-18/h4-12,14-15H,13H2,1-3H3/q+1/i2D3. The van der Waals surface area contributed by atoms with Gasteiger partial charge in [0.1, 0.15) is 12.9 Å². The first-order chi connectivity index (χ1) is 14.3. The summed E-state index contributed by atoms with van der Waals surface area (Å²) in [6.07, 6.45) is 6.39. The zero-order valence-electron chi connectivity index (χ0n) is 18.4. The number of rotatable bonds is 2. The highest BCUT2D eigenvalue weighted by molar-refractivity contribution is 5.79. The molecule has 0 atom stereocenters. The fourth-order valence-electron chi connectivity index (χ4n) is 4.07. The summed E-state index contributed by atoms with van der Waals surface area (Å²) >= 11 is 0. The maximum atomic E-state index is 8.08. The summed E-state index contributed by atoms with van der Waals surface area (Å²) in [5.74, 6) is 1.03. The summed E-state index contributed by atoms with van der Waals surface area (Å²) in [6.45, 7) is -0.100. The van der Waals surface area contributed by atoms with Gasteiger partial charge in [-0.25, -0.2) is 9.55 Å². The summed E-state index contributed by atoms with van der Waals surface area (Å²) in [7, 11) is 1.92. The second-order valence-electron chi connectivity index (χ2n) is 7.12. The van der Waals surface area contributed by atoms with E-state index in [1.54, 1.807) is 6.20 Å². The molecule has 0 N–H and O–H groups in total. The Kier molecular flexibility index (Phi) is 2.86. The second kappa shape index (κ2) is 5.92. The highest BCUT2D eigenvalue weighted by Crippen LogP contribution is 2.38. The quantitative estimate of drug-likeness (QED) is 0.426. The van der Waals surface area contributed by atoms with Crippen LogP contribution in [0.5, 0.6) is 0 Å². The summed E-state index contributed by atoms with van der Waals surface area (Å²) in [4.78, 5) is 4.49. The van der Waals surface area contributed by atoms with Crippen molar-refractivity contribution >= 4 is 0 Å². The van der Waals surface area contributed by atoms with Crippen LogP contribution in [0.2, 0.25) is 0 Å². The summed E-state index contributed by atoms with van der Waals surface area (Å²) in [5.41, 5.74) is 7.61. The van der Waals surface area contributed by atoms with E-state index in [2.05, 4.69) is 28.6 Å². The van der Waals surface area contributed by atoms with Crippen LogP contribution in [0.15, 0.2) is 67.1 Å². The molecule has 0 bridgehead atoms. The fraction of sp³-hybridized carbons (Fsp3) is 0.167. The van der Waals surface area contributed by atoms with E-state index in [0.717, 1.165) is 45.9 Å². The summed E-state index contributed by atoms with van der Waals surface area (Å²) in [5, 5.41) is 0. The highest BCUT2D eigenvalue weighted by Gasteiger charge is 2.27. The normalized spacial score (nSPS) is 14.2. The molecule has 4 aromatic rings. The number of nitrogens with zero attached hydrogens (tertiary/aromatic N) is 3. The van der Waals surface area contributed by atoms with E-state index >= 15 is 0 Å². The summed E-state index contributed by atoms with van der Waals surface area (Å²) < 4.78 is 28.3. The van der Waals surface area contributed by atoms with Gasteiger partial charge in [-0.2, -0.15) is 0 Å². The van der Waals surface area contributed by atoms with E-state index in [0.29, 0.717) is 5.56 Å². The first-order valence-electron chi connectivity index (χ1n) is 10.6. The van der Waals surface area contributed by atoms with Crippen molar-refractivity contribution in [3.63, 3.8) is 0 Å². The average Bonchev–Trinajstić information content (AvgIpc) is 3.30. The smallest absolute Gasteiger partial charge is 0.215 e. The van der Waals surface area contributed by atoms with Crippen LogP contribution in [0.4, 0.5) is 0 Å². The van der Waals surface area contributed by atoms with Crippen LogP contribution in [0.25, 0.3) is 28.1 Å². The lowest BCUT2D eigenvalue weighted by molar-refractivity contribution is -0.660. The Balaban J connectivity index is 1.82. The number of fused-ring (bicyclic) bond motifs is 3.